The van der Waals surface area contributed by atoms with Gasteiger partial charge in [-0.3, -0.25) is 14.5 Å². The third-order valence-corrected chi connectivity index (χ3v) is 4.52. The Labute approximate surface area is 125 Å². The lowest BCUT2D eigenvalue weighted by molar-refractivity contribution is -0.125. The maximum Gasteiger partial charge on any atom is 0.289 e. The highest BCUT2D eigenvalue weighted by Gasteiger charge is 2.41. The molecule has 2 heterocycles. The summed E-state index contributed by atoms with van der Waals surface area (Å²) >= 11 is 1.05. The van der Waals surface area contributed by atoms with E-state index in [1.807, 2.05) is 48.5 Å². The summed E-state index contributed by atoms with van der Waals surface area (Å²) in [5.74, 6) is 1.44. The van der Waals surface area contributed by atoms with Crippen LogP contribution in [0.4, 0.5) is 4.79 Å². The van der Waals surface area contributed by atoms with Crippen LogP contribution < -0.4 is 4.74 Å². The molecule has 0 aromatic heterocycles. The van der Waals surface area contributed by atoms with Gasteiger partial charge in [-0.2, -0.15) is 0 Å². The fraction of sp³-hybridized carbons (Fsp3) is 0.125. The third kappa shape index (κ3) is 1.85. The largest absolute Gasteiger partial charge is 0.457 e. The van der Waals surface area contributed by atoms with E-state index in [1.54, 1.807) is 0 Å². The topological polar surface area (TPSA) is 46.6 Å². The summed E-state index contributed by atoms with van der Waals surface area (Å²) in [5, 5.41) is -0.198. The van der Waals surface area contributed by atoms with Crippen LogP contribution in [0.3, 0.4) is 0 Å². The maximum atomic E-state index is 12.1. The summed E-state index contributed by atoms with van der Waals surface area (Å²) in [4.78, 5) is 25.6. The molecule has 0 atom stereocenters. The van der Waals surface area contributed by atoms with E-state index in [0.717, 1.165) is 22.9 Å². The number of imide groups is 1. The molecule has 0 aliphatic carbocycles. The standard InChI is InChI=1S/C16H11NO3S/c18-14-9-21-16(19)17(14)15-10-5-1-3-7-12(10)20-13-8-4-2-6-11(13)15/h1-8,15H,9H2. The highest BCUT2D eigenvalue weighted by molar-refractivity contribution is 8.14. The van der Waals surface area contributed by atoms with Crippen LogP contribution in [0.5, 0.6) is 11.5 Å². The molecule has 2 aliphatic rings. The van der Waals surface area contributed by atoms with Gasteiger partial charge in [0.1, 0.15) is 11.5 Å². The maximum absolute atomic E-state index is 12.1. The third-order valence-electron chi connectivity index (χ3n) is 3.69. The van der Waals surface area contributed by atoms with E-state index < -0.39 is 6.04 Å². The molecule has 2 amide bonds. The van der Waals surface area contributed by atoms with Crippen molar-refractivity contribution in [3.05, 3.63) is 59.7 Å². The number of ether oxygens (including phenoxy) is 1. The van der Waals surface area contributed by atoms with E-state index in [-0.39, 0.29) is 16.9 Å². The predicted molar refractivity (Wildman–Crippen MR) is 79.5 cm³/mol. The molecular formula is C16H11NO3S. The number of carbonyl (C=O) groups is 2. The number of fused-ring (bicyclic) bond motifs is 2. The quantitative estimate of drug-likeness (QED) is 0.807. The Hall–Kier alpha value is -2.27. The molecule has 1 fully saturated rings. The summed E-state index contributed by atoms with van der Waals surface area (Å²) in [6.45, 7) is 0. The number of thioether (sulfide) groups is 1. The van der Waals surface area contributed by atoms with Crippen LogP contribution in [0.2, 0.25) is 0 Å². The van der Waals surface area contributed by atoms with Crippen molar-refractivity contribution in [3.63, 3.8) is 0 Å². The number of carbonyl (C=O) groups excluding carboxylic acids is 2. The molecule has 2 aromatic rings. The van der Waals surface area contributed by atoms with Crippen molar-refractivity contribution >= 4 is 22.9 Å². The van der Waals surface area contributed by atoms with Crippen LogP contribution in [0.15, 0.2) is 48.5 Å². The normalized spacial score (nSPS) is 17.4. The first-order valence-corrected chi connectivity index (χ1v) is 7.59. The summed E-state index contributed by atoms with van der Waals surface area (Å²) in [6, 6.07) is 14.7. The lowest BCUT2D eigenvalue weighted by atomic mass is 9.93. The van der Waals surface area contributed by atoms with Crippen molar-refractivity contribution in [3.8, 4) is 11.5 Å². The van der Waals surface area contributed by atoms with Crippen molar-refractivity contribution in [1.82, 2.24) is 4.90 Å². The van der Waals surface area contributed by atoms with Crippen molar-refractivity contribution < 1.29 is 14.3 Å². The first-order valence-electron chi connectivity index (χ1n) is 6.60. The zero-order valence-electron chi connectivity index (χ0n) is 11.0. The fourth-order valence-electron chi connectivity index (χ4n) is 2.78. The summed E-state index contributed by atoms with van der Waals surface area (Å²) in [7, 11) is 0. The van der Waals surface area contributed by atoms with Gasteiger partial charge in [-0.05, 0) is 12.1 Å². The molecule has 0 bridgehead atoms. The molecule has 0 spiro atoms. The highest BCUT2D eigenvalue weighted by atomic mass is 32.2. The van der Waals surface area contributed by atoms with Gasteiger partial charge in [0.05, 0.1) is 11.8 Å². The van der Waals surface area contributed by atoms with Gasteiger partial charge in [0, 0.05) is 11.1 Å². The van der Waals surface area contributed by atoms with Gasteiger partial charge < -0.3 is 4.74 Å². The second-order valence-corrected chi connectivity index (χ2v) is 5.83. The monoisotopic (exact) mass is 297 g/mol. The van der Waals surface area contributed by atoms with Crippen molar-refractivity contribution in [2.24, 2.45) is 0 Å². The average molecular weight is 297 g/mol. The lowest BCUT2D eigenvalue weighted by Gasteiger charge is -2.32. The van der Waals surface area contributed by atoms with Crippen molar-refractivity contribution in [2.75, 3.05) is 5.75 Å². The van der Waals surface area contributed by atoms with Crippen LogP contribution in [0.25, 0.3) is 0 Å². The first kappa shape index (κ1) is 12.5. The Kier molecular flexibility index (Phi) is 2.75. The Bertz CT molecular complexity index is 697. The number of rotatable bonds is 1. The zero-order chi connectivity index (χ0) is 14.4. The van der Waals surface area contributed by atoms with Gasteiger partial charge in [-0.1, -0.05) is 48.2 Å². The molecule has 5 heteroatoms. The van der Waals surface area contributed by atoms with Gasteiger partial charge >= 0.3 is 0 Å². The molecule has 2 aliphatic heterocycles. The molecule has 1 saturated heterocycles. The van der Waals surface area contributed by atoms with E-state index in [2.05, 4.69) is 0 Å². The molecule has 0 unspecified atom stereocenters. The number of nitrogens with zero attached hydrogens (tertiary/aromatic N) is 1. The summed E-state index contributed by atoms with van der Waals surface area (Å²) < 4.78 is 5.88. The molecule has 2 aromatic carbocycles. The molecule has 0 N–H and O–H groups in total. The Morgan fingerprint density at radius 1 is 0.952 bits per heavy atom. The minimum Gasteiger partial charge on any atom is -0.457 e. The van der Waals surface area contributed by atoms with Crippen molar-refractivity contribution in [2.45, 2.75) is 6.04 Å². The summed E-state index contributed by atoms with van der Waals surface area (Å²) in [6.07, 6.45) is 0. The van der Waals surface area contributed by atoms with E-state index in [9.17, 15) is 9.59 Å². The van der Waals surface area contributed by atoms with Crippen LogP contribution in [-0.2, 0) is 4.79 Å². The zero-order valence-corrected chi connectivity index (χ0v) is 11.8. The van der Waals surface area contributed by atoms with Crippen LogP contribution >= 0.6 is 11.8 Å². The Morgan fingerprint density at radius 2 is 1.52 bits per heavy atom. The molecule has 4 nitrogen and oxygen atoms in total. The number of hydrogen-bond donors (Lipinski definition) is 0. The molecule has 104 valence electrons. The van der Waals surface area contributed by atoms with Crippen molar-refractivity contribution in [1.29, 1.82) is 0 Å². The summed E-state index contributed by atoms with van der Waals surface area (Å²) in [5.41, 5.74) is 1.70. The Morgan fingerprint density at radius 3 is 2.05 bits per heavy atom. The van der Waals surface area contributed by atoms with E-state index >= 15 is 0 Å². The molecule has 4 rings (SSSR count). The number of amides is 2. The Balaban J connectivity index is 1.93. The number of para-hydroxylation sites is 2. The van der Waals surface area contributed by atoms with Gasteiger partial charge in [-0.25, -0.2) is 0 Å². The van der Waals surface area contributed by atoms with E-state index in [0.29, 0.717) is 11.5 Å². The average Bonchev–Trinajstić information content (AvgIpc) is 2.84. The van der Waals surface area contributed by atoms with Gasteiger partial charge in [0.25, 0.3) is 5.24 Å². The van der Waals surface area contributed by atoms with E-state index in [1.165, 1.54) is 4.90 Å². The smallest absolute Gasteiger partial charge is 0.289 e. The van der Waals surface area contributed by atoms with Crippen LogP contribution in [0.1, 0.15) is 17.2 Å². The minimum absolute atomic E-state index is 0.151. The molecular weight excluding hydrogens is 286 g/mol. The minimum atomic E-state index is -0.402. The fourth-order valence-corrected chi connectivity index (χ4v) is 3.51. The van der Waals surface area contributed by atoms with E-state index in [4.69, 9.17) is 4.74 Å². The predicted octanol–water partition coefficient (Wildman–Crippen LogP) is 3.58. The van der Waals surface area contributed by atoms with Crippen LogP contribution in [0, 0.1) is 0 Å². The highest BCUT2D eigenvalue weighted by Crippen LogP contribution is 2.47. The van der Waals surface area contributed by atoms with Crippen LogP contribution in [-0.4, -0.2) is 21.8 Å². The molecule has 0 saturated carbocycles. The molecule has 21 heavy (non-hydrogen) atoms. The lowest BCUT2D eigenvalue weighted by Crippen LogP contribution is -2.35. The molecule has 0 radical (unpaired) electrons. The second-order valence-electron chi connectivity index (χ2n) is 4.90. The number of hydrogen-bond acceptors (Lipinski definition) is 4. The van der Waals surface area contributed by atoms with Gasteiger partial charge in [0.2, 0.25) is 5.91 Å². The number of benzene rings is 2. The second kappa shape index (κ2) is 4.63. The SMILES string of the molecule is O=C1CSC(=O)N1C1c2ccccc2Oc2ccccc21. The first-order chi connectivity index (χ1) is 10.3. The van der Waals surface area contributed by atoms with Gasteiger partial charge in [0.15, 0.2) is 0 Å². The van der Waals surface area contributed by atoms with Gasteiger partial charge in [-0.15, -0.1) is 0 Å².